The van der Waals surface area contributed by atoms with Gasteiger partial charge >= 0.3 is 27.5 Å². The topological polar surface area (TPSA) is 111 Å². The summed E-state index contributed by atoms with van der Waals surface area (Å²) < 4.78 is 109. The molecule has 4 saturated carbocycles. The summed E-state index contributed by atoms with van der Waals surface area (Å²) in [7, 11) is -6.37. The number of amides is 1. The maximum atomic E-state index is 14.7. The zero-order valence-electron chi connectivity index (χ0n) is 18.4. The Morgan fingerprint density at radius 1 is 1.12 bits per heavy atom. The standard InChI is InChI=1S/C20H28F5NO7S/c1-17(31-3-2-4-32-17)10-14(19(21,22)23)33-34(29,30)20(24,25)16(27)26-15-13-6-11-5-12(7-13)9-18(15,28)8-11/h11-15,28H,2-10H2,1H3,(H,26,27). The van der Waals surface area contributed by atoms with E-state index in [4.69, 9.17) is 9.47 Å². The first-order valence-electron chi connectivity index (χ1n) is 11.2. The van der Waals surface area contributed by atoms with E-state index in [0.29, 0.717) is 19.3 Å². The molecule has 34 heavy (non-hydrogen) atoms. The van der Waals surface area contributed by atoms with Crippen LogP contribution in [0.2, 0.25) is 0 Å². The lowest BCUT2D eigenvalue weighted by Gasteiger charge is -2.58. The van der Waals surface area contributed by atoms with E-state index in [1.165, 1.54) is 0 Å². The van der Waals surface area contributed by atoms with Gasteiger partial charge in [0.1, 0.15) is 0 Å². The minimum Gasteiger partial charge on any atom is -0.388 e. The Kier molecular flexibility index (Phi) is 6.49. The van der Waals surface area contributed by atoms with Crippen molar-refractivity contribution in [1.82, 2.24) is 5.32 Å². The molecule has 1 amide bonds. The molecule has 1 heterocycles. The summed E-state index contributed by atoms with van der Waals surface area (Å²) in [5.74, 6) is -4.16. The van der Waals surface area contributed by atoms with Gasteiger partial charge in [0.05, 0.1) is 24.9 Å². The number of halogens is 5. The molecule has 14 heteroatoms. The molecule has 4 unspecified atom stereocenters. The number of carbonyl (C=O) groups is 1. The number of alkyl halides is 5. The molecular weight excluding hydrogens is 493 g/mol. The Balaban J connectivity index is 1.49. The van der Waals surface area contributed by atoms with Crippen molar-refractivity contribution in [1.29, 1.82) is 0 Å². The van der Waals surface area contributed by atoms with Crippen molar-refractivity contribution in [2.24, 2.45) is 17.8 Å². The van der Waals surface area contributed by atoms with Crippen LogP contribution in [0.3, 0.4) is 0 Å². The Labute approximate surface area is 193 Å². The van der Waals surface area contributed by atoms with Crippen LogP contribution in [0.5, 0.6) is 0 Å². The molecular formula is C20H28F5NO7S. The quantitative estimate of drug-likeness (QED) is 0.391. The molecule has 5 rings (SSSR count). The Hall–Kier alpha value is -1.09. The molecule has 1 saturated heterocycles. The molecule has 4 atom stereocenters. The van der Waals surface area contributed by atoms with Gasteiger partial charge < -0.3 is 19.9 Å². The van der Waals surface area contributed by atoms with Crippen LogP contribution in [-0.2, 0) is 28.6 Å². The van der Waals surface area contributed by atoms with Crippen molar-refractivity contribution in [3.05, 3.63) is 0 Å². The van der Waals surface area contributed by atoms with Crippen LogP contribution in [-0.4, -0.2) is 67.6 Å². The summed E-state index contributed by atoms with van der Waals surface area (Å²) in [6.07, 6.45) is -6.79. The predicted molar refractivity (Wildman–Crippen MR) is 105 cm³/mol. The van der Waals surface area contributed by atoms with Gasteiger partial charge in [0, 0.05) is 6.42 Å². The molecule has 4 aliphatic carbocycles. The minimum absolute atomic E-state index is 0.0274. The molecule has 196 valence electrons. The van der Waals surface area contributed by atoms with E-state index in [-0.39, 0.29) is 43.8 Å². The molecule has 0 aromatic rings. The first kappa shape index (κ1) is 26.0. The SMILES string of the molecule is CC1(CC(OS(=O)(=O)C(F)(F)C(=O)NC2C3CC4CC(C3)CC2(O)C4)C(F)(F)F)OCCCO1. The van der Waals surface area contributed by atoms with Crippen LogP contribution in [0.4, 0.5) is 22.0 Å². The fourth-order valence-corrected chi connectivity index (χ4v) is 7.03. The van der Waals surface area contributed by atoms with Crippen LogP contribution in [0.15, 0.2) is 0 Å². The predicted octanol–water partition coefficient (Wildman–Crippen LogP) is 2.46. The fourth-order valence-electron chi connectivity index (χ4n) is 6.14. The van der Waals surface area contributed by atoms with Gasteiger partial charge in [-0.2, -0.15) is 30.4 Å². The molecule has 0 radical (unpaired) electrons. The lowest BCUT2D eigenvalue weighted by atomic mass is 9.52. The summed E-state index contributed by atoms with van der Waals surface area (Å²) >= 11 is 0. The molecule has 5 fully saturated rings. The highest BCUT2D eigenvalue weighted by atomic mass is 32.2. The number of aliphatic hydroxyl groups is 1. The van der Waals surface area contributed by atoms with Crippen LogP contribution in [0, 0.1) is 17.8 Å². The highest BCUT2D eigenvalue weighted by Gasteiger charge is 2.62. The lowest BCUT2D eigenvalue weighted by molar-refractivity contribution is -0.288. The lowest BCUT2D eigenvalue weighted by Crippen LogP contribution is -2.67. The number of carbonyl (C=O) groups excluding carboxylic acids is 1. The van der Waals surface area contributed by atoms with E-state index >= 15 is 0 Å². The van der Waals surface area contributed by atoms with Gasteiger partial charge in [-0.15, -0.1) is 0 Å². The van der Waals surface area contributed by atoms with Crippen LogP contribution < -0.4 is 5.32 Å². The maximum Gasteiger partial charge on any atom is 0.446 e. The highest BCUT2D eigenvalue weighted by molar-refractivity contribution is 7.88. The second-order valence-corrected chi connectivity index (χ2v) is 11.8. The van der Waals surface area contributed by atoms with E-state index in [1.54, 1.807) is 0 Å². The Morgan fingerprint density at radius 2 is 1.68 bits per heavy atom. The van der Waals surface area contributed by atoms with Crippen molar-refractivity contribution >= 4 is 16.0 Å². The number of hydrogen-bond acceptors (Lipinski definition) is 7. The molecule has 2 N–H and O–H groups in total. The van der Waals surface area contributed by atoms with Crippen molar-refractivity contribution in [3.8, 4) is 0 Å². The van der Waals surface area contributed by atoms with E-state index in [0.717, 1.165) is 13.3 Å². The fraction of sp³-hybridized carbons (Fsp3) is 0.950. The summed E-state index contributed by atoms with van der Waals surface area (Å²) in [6, 6.07) is -1.12. The first-order chi connectivity index (χ1) is 15.5. The third kappa shape index (κ3) is 4.80. The number of hydrogen-bond donors (Lipinski definition) is 2. The number of rotatable bonds is 7. The normalized spacial score (nSPS) is 36.3. The monoisotopic (exact) mass is 521 g/mol. The molecule has 4 bridgehead atoms. The average Bonchev–Trinajstić information content (AvgIpc) is 2.68. The van der Waals surface area contributed by atoms with Gasteiger partial charge in [-0.05, 0) is 63.2 Å². The molecule has 0 aromatic heterocycles. The molecule has 0 spiro atoms. The van der Waals surface area contributed by atoms with E-state index in [2.05, 4.69) is 4.18 Å². The van der Waals surface area contributed by atoms with Gasteiger partial charge in [0.25, 0.3) is 0 Å². The van der Waals surface area contributed by atoms with Gasteiger partial charge in [-0.25, -0.2) is 0 Å². The van der Waals surface area contributed by atoms with Crippen molar-refractivity contribution in [2.45, 2.75) is 86.8 Å². The van der Waals surface area contributed by atoms with Crippen molar-refractivity contribution in [3.63, 3.8) is 0 Å². The molecule has 5 aliphatic rings. The second-order valence-electron chi connectivity index (χ2n) is 10.1. The summed E-state index contributed by atoms with van der Waals surface area (Å²) in [4.78, 5) is 12.4. The minimum atomic E-state index is -6.37. The maximum absolute atomic E-state index is 14.7. The highest BCUT2D eigenvalue weighted by Crippen LogP contribution is 2.55. The van der Waals surface area contributed by atoms with Crippen molar-refractivity contribution in [2.75, 3.05) is 13.2 Å². The van der Waals surface area contributed by atoms with Gasteiger partial charge in [-0.1, -0.05) is 0 Å². The average molecular weight is 522 g/mol. The molecule has 1 aliphatic heterocycles. The first-order valence-corrected chi connectivity index (χ1v) is 12.6. The summed E-state index contributed by atoms with van der Waals surface area (Å²) in [5.41, 5.74) is -1.45. The van der Waals surface area contributed by atoms with Crippen LogP contribution >= 0.6 is 0 Å². The smallest absolute Gasteiger partial charge is 0.388 e. The van der Waals surface area contributed by atoms with Gasteiger partial charge in [-0.3, -0.25) is 8.98 Å². The second kappa shape index (κ2) is 8.49. The van der Waals surface area contributed by atoms with E-state index < -0.39 is 57.4 Å². The number of nitrogens with one attached hydrogen (secondary N) is 1. The van der Waals surface area contributed by atoms with Crippen LogP contribution in [0.25, 0.3) is 0 Å². The summed E-state index contributed by atoms with van der Waals surface area (Å²) in [5, 5.41) is 7.52. The number of ether oxygens (including phenoxy) is 2. The van der Waals surface area contributed by atoms with Crippen molar-refractivity contribution < 1.29 is 53.9 Å². The molecule has 8 nitrogen and oxygen atoms in total. The third-order valence-corrected chi connectivity index (χ3v) is 8.70. The van der Waals surface area contributed by atoms with Crippen LogP contribution in [0.1, 0.15) is 51.9 Å². The zero-order chi connectivity index (χ0) is 25.2. The summed E-state index contributed by atoms with van der Waals surface area (Å²) in [6.45, 7) is 1.16. The van der Waals surface area contributed by atoms with E-state index in [1.807, 2.05) is 5.32 Å². The van der Waals surface area contributed by atoms with Gasteiger partial charge in [0.15, 0.2) is 11.9 Å². The third-order valence-electron chi connectivity index (χ3n) is 7.41. The molecule has 0 aromatic carbocycles. The van der Waals surface area contributed by atoms with Gasteiger partial charge in [0.2, 0.25) is 0 Å². The van der Waals surface area contributed by atoms with E-state index in [9.17, 15) is 40.3 Å². The Bertz CT molecular complexity index is 891. The largest absolute Gasteiger partial charge is 0.446 e. The zero-order valence-corrected chi connectivity index (χ0v) is 19.3. The Morgan fingerprint density at radius 3 is 2.18 bits per heavy atom.